The molecule has 0 aromatic heterocycles. The van der Waals surface area contributed by atoms with Crippen LogP contribution in [0.5, 0.6) is 0 Å². The van der Waals surface area contributed by atoms with E-state index in [1.165, 1.54) is 38.5 Å². The SMILES string of the molecule is CN(C)C(=O)CCN(CCCN)C1CCCCCC1. The monoisotopic (exact) mass is 269 g/mol. The van der Waals surface area contributed by atoms with Crippen LogP contribution in [0.25, 0.3) is 0 Å². The second kappa shape index (κ2) is 9.32. The van der Waals surface area contributed by atoms with Crippen LogP contribution >= 0.6 is 0 Å². The maximum absolute atomic E-state index is 11.7. The first-order valence-corrected chi connectivity index (χ1v) is 7.79. The van der Waals surface area contributed by atoms with Crippen molar-refractivity contribution in [2.24, 2.45) is 5.73 Å². The van der Waals surface area contributed by atoms with E-state index in [2.05, 4.69) is 4.90 Å². The van der Waals surface area contributed by atoms with E-state index < -0.39 is 0 Å². The lowest BCUT2D eigenvalue weighted by Gasteiger charge is -2.31. The number of hydrogen-bond donors (Lipinski definition) is 1. The first kappa shape index (κ1) is 16.4. The number of rotatable bonds is 7. The van der Waals surface area contributed by atoms with Crippen LogP contribution in [0.3, 0.4) is 0 Å². The van der Waals surface area contributed by atoms with Crippen LogP contribution in [0.2, 0.25) is 0 Å². The maximum Gasteiger partial charge on any atom is 0.223 e. The third-order valence-corrected chi connectivity index (χ3v) is 4.10. The zero-order valence-electron chi connectivity index (χ0n) is 12.7. The number of nitrogens with zero attached hydrogens (tertiary/aromatic N) is 2. The van der Waals surface area contributed by atoms with Crippen molar-refractivity contribution in [3.05, 3.63) is 0 Å². The van der Waals surface area contributed by atoms with Crippen molar-refractivity contribution in [3.63, 3.8) is 0 Å². The van der Waals surface area contributed by atoms with Crippen LogP contribution in [-0.2, 0) is 4.79 Å². The standard InChI is InChI=1S/C15H31N3O/c1-17(2)15(19)10-13-18(12-7-11-16)14-8-5-3-4-6-9-14/h14H,3-13,16H2,1-2H3. The molecule has 1 fully saturated rings. The number of carbonyl (C=O) groups is 1. The summed E-state index contributed by atoms with van der Waals surface area (Å²) in [6, 6.07) is 0.670. The zero-order valence-corrected chi connectivity index (χ0v) is 12.7. The van der Waals surface area contributed by atoms with Gasteiger partial charge in [-0.3, -0.25) is 9.69 Å². The second-order valence-electron chi connectivity index (χ2n) is 5.86. The molecule has 0 radical (unpaired) electrons. The van der Waals surface area contributed by atoms with Gasteiger partial charge >= 0.3 is 0 Å². The molecule has 112 valence electrons. The van der Waals surface area contributed by atoms with Gasteiger partial charge in [0.05, 0.1) is 0 Å². The number of hydrogen-bond acceptors (Lipinski definition) is 3. The average molecular weight is 269 g/mol. The molecule has 4 heteroatoms. The fourth-order valence-electron chi connectivity index (χ4n) is 2.86. The van der Waals surface area contributed by atoms with Crippen molar-refractivity contribution in [2.75, 3.05) is 33.7 Å². The molecule has 2 N–H and O–H groups in total. The van der Waals surface area contributed by atoms with E-state index in [-0.39, 0.29) is 5.91 Å². The van der Waals surface area contributed by atoms with Gasteiger partial charge in [0.15, 0.2) is 0 Å². The lowest BCUT2D eigenvalue weighted by Crippen LogP contribution is -2.39. The summed E-state index contributed by atoms with van der Waals surface area (Å²) in [4.78, 5) is 15.9. The van der Waals surface area contributed by atoms with Crippen LogP contribution < -0.4 is 5.73 Å². The van der Waals surface area contributed by atoms with E-state index in [0.717, 1.165) is 26.1 Å². The topological polar surface area (TPSA) is 49.6 Å². The van der Waals surface area contributed by atoms with Crippen LogP contribution in [0, 0.1) is 0 Å². The minimum absolute atomic E-state index is 0.228. The molecule has 1 aliphatic rings. The summed E-state index contributed by atoms with van der Waals surface area (Å²) in [5.41, 5.74) is 5.64. The van der Waals surface area contributed by atoms with Crippen molar-refractivity contribution >= 4 is 5.91 Å². The molecule has 0 aliphatic heterocycles. The Kier molecular flexibility index (Phi) is 8.07. The van der Waals surface area contributed by atoms with Gasteiger partial charge in [0.1, 0.15) is 0 Å². The largest absolute Gasteiger partial charge is 0.349 e. The molecule has 0 aromatic carbocycles. The van der Waals surface area contributed by atoms with E-state index in [9.17, 15) is 4.79 Å². The van der Waals surface area contributed by atoms with Crippen molar-refractivity contribution in [1.29, 1.82) is 0 Å². The summed E-state index contributed by atoms with van der Waals surface area (Å²) in [6.07, 6.45) is 9.68. The molecule has 0 aromatic rings. The predicted octanol–water partition coefficient (Wildman–Crippen LogP) is 1.84. The molecule has 1 rings (SSSR count). The average Bonchev–Trinajstić information content (AvgIpc) is 2.67. The summed E-state index contributed by atoms with van der Waals surface area (Å²) in [5.74, 6) is 0.228. The number of amides is 1. The Morgan fingerprint density at radius 3 is 2.26 bits per heavy atom. The normalized spacial score (nSPS) is 17.5. The van der Waals surface area contributed by atoms with Gasteiger partial charge in [-0.05, 0) is 32.4 Å². The van der Waals surface area contributed by atoms with Crippen molar-refractivity contribution < 1.29 is 4.79 Å². The molecular formula is C15H31N3O. The quantitative estimate of drug-likeness (QED) is 0.718. The fourth-order valence-corrected chi connectivity index (χ4v) is 2.86. The highest BCUT2D eigenvalue weighted by Crippen LogP contribution is 2.22. The van der Waals surface area contributed by atoms with Gasteiger partial charge in [0.25, 0.3) is 0 Å². The highest BCUT2D eigenvalue weighted by Gasteiger charge is 2.20. The lowest BCUT2D eigenvalue weighted by atomic mass is 10.1. The van der Waals surface area contributed by atoms with Crippen LogP contribution in [0.1, 0.15) is 51.4 Å². The molecule has 1 aliphatic carbocycles. The predicted molar refractivity (Wildman–Crippen MR) is 80.0 cm³/mol. The Morgan fingerprint density at radius 2 is 1.74 bits per heavy atom. The molecular weight excluding hydrogens is 238 g/mol. The first-order chi connectivity index (χ1) is 9.15. The Bertz CT molecular complexity index is 248. The van der Waals surface area contributed by atoms with Gasteiger partial charge in [0.2, 0.25) is 5.91 Å². The minimum Gasteiger partial charge on any atom is -0.349 e. The van der Waals surface area contributed by atoms with E-state index in [0.29, 0.717) is 12.5 Å². The molecule has 0 saturated heterocycles. The van der Waals surface area contributed by atoms with E-state index in [1.54, 1.807) is 4.90 Å². The Morgan fingerprint density at radius 1 is 1.11 bits per heavy atom. The molecule has 0 spiro atoms. The third kappa shape index (κ3) is 6.39. The number of nitrogens with two attached hydrogens (primary N) is 1. The van der Waals surface area contributed by atoms with Crippen LogP contribution in [0.15, 0.2) is 0 Å². The maximum atomic E-state index is 11.7. The van der Waals surface area contributed by atoms with Gasteiger partial charge in [0, 0.05) is 33.1 Å². The Labute approximate surface area is 118 Å². The molecule has 1 amide bonds. The molecule has 4 nitrogen and oxygen atoms in total. The summed E-state index contributed by atoms with van der Waals surface area (Å²) in [5, 5.41) is 0. The van der Waals surface area contributed by atoms with Crippen molar-refractivity contribution in [3.8, 4) is 0 Å². The van der Waals surface area contributed by atoms with E-state index >= 15 is 0 Å². The zero-order chi connectivity index (χ0) is 14.1. The smallest absolute Gasteiger partial charge is 0.223 e. The van der Waals surface area contributed by atoms with E-state index in [1.807, 2.05) is 14.1 Å². The van der Waals surface area contributed by atoms with Crippen molar-refractivity contribution in [2.45, 2.75) is 57.4 Å². The van der Waals surface area contributed by atoms with Gasteiger partial charge in [-0.2, -0.15) is 0 Å². The third-order valence-electron chi connectivity index (χ3n) is 4.10. The fraction of sp³-hybridized carbons (Fsp3) is 0.933. The van der Waals surface area contributed by atoms with E-state index in [4.69, 9.17) is 5.73 Å². The Balaban J connectivity index is 2.46. The highest BCUT2D eigenvalue weighted by atomic mass is 16.2. The highest BCUT2D eigenvalue weighted by molar-refractivity contribution is 5.75. The van der Waals surface area contributed by atoms with Gasteiger partial charge < -0.3 is 10.6 Å². The number of carbonyl (C=O) groups excluding carboxylic acids is 1. The Hall–Kier alpha value is -0.610. The summed E-state index contributed by atoms with van der Waals surface area (Å²) >= 11 is 0. The van der Waals surface area contributed by atoms with Gasteiger partial charge in [-0.25, -0.2) is 0 Å². The molecule has 0 atom stereocenters. The summed E-state index contributed by atoms with van der Waals surface area (Å²) in [6.45, 7) is 2.68. The van der Waals surface area contributed by atoms with Crippen LogP contribution in [0.4, 0.5) is 0 Å². The molecule has 1 saturated carbocycles. The van der Waals surface area contributed by atoms with Crippen molar-refractivity contribution in [1.82, 2.24) is 9.80 Å². The summed E-state index contributed by atoms with van der Waals surface area (Å²) in [7, 11) is 3.66. The molecule has 19 heavy (non-hydrogen) atoms. The molecule has 0 heterocycles. The van der Waals surface area contributed by atoms with Gasteiger partial charge in [-0.1, -0.05) is 25.7 Å². The second-order valence-corrected chi connectivity index (χ2v) is 5.86. The minimum atomic E-state index is 0.228. The molecule has 0 unspecified atom stereocenters. The van der Waals surface area contributed by atoms with Crippen LogP contribution in [-0.4, -0.2) is 55.5 Å². The summed E-state index contributed by atoms with van der Waals surface area (Å²) < 4.78 is 0. The first-order valence-electron chi connectivity index (χ1n) is 7.79. The van der Waals surface area contributed by atoms with Gasteiger partial charge in [-0.15, -0.1) is 0 Å². The lowest BCUT2D eigenvalue weighted by molar-refractivity contribution is -0.129. The molecule has 0 bridgehead atoms.